The van der Waals surface area contributed by atoms with E-state index in [1.807, 2.05) is 6.92 Å². The van der Waals surface area contributed by atoms with E-state index in [2.05, 4.69) is 0 Å². The van der Waals surface area contributed by atoms with E-state index in [9.17, 15) is 21.9 Å². The first-order chi connectivity index (χ1) is 15.2. The molecule has 4 rings (SSSR count). The molecule has 0 aliphatic heterocycles. The van der Waals surface area contributed by atoms with Crippen LogP contribution in [-0.2, 0) is 19.7 Å². The van der Waals surface area contributed by atoms with Crippen LogP contribution in [0.5, 0.6) is 5.75 Å². The Balaban J connectivity index is 1.60. The van der Waals surface area contributed by atoms with Gasteiger partial charge in [0.2, 0.25) is 19.7 Å². The number of rotatable bonds is 5. The van der Waals surface area contributed by atoms with Gasteiger partial charge in [-0.2, -0.15) is 0 Å². The van der Waals surface area contributed by atoms with Crippen molar-refractivity contribution in [2.24, 2.45) is 0 Å². The molecule has 0 fully saturated rings. The Kier molecular flexibility index (Phi) is 5.62. The summed E-state index contributed by atoms with van der Waals surface area (Å²) < 4.78 is 51.2. The molecule has 0 unspecified atom stereocenters. The molecular weight excluding hydrogens is 444 g/mol. The molecule has 0 saturated carbocycles. The maximum absolute atomic E-state index is 12.8. The Morgan fingerprint density at radius 1 is 0.469 bits per heavy atom. The van der Waals surface area contributed by atoms with Gasteiger partial charge >= 0.3 is 0 Å². The van der Waals surface area contributed by atoms with Gasteiger partial charge in [0.1, 0.15) is 5.75 Å². The molecule has 0 aromatic heterocycles. The molecule has 0 saturated heterocycles. The maximum Gasteiger partial charge on any atom is 0.206 e. The second-order valence-electron chi connectivity index (χ2n) is 7.36. The van der Waals surface area contributed by atoms with Crippen molar-refractivity contribution < 1.29 is 21.9 Å². The Bertz CT molecular complexity index is 1340. The first kappa shape index (κ1) is 21.8. The number of hydrogen-bond acceptors (Lipinski definition) is 5. The van der Waals surface area contributed by atoms with Crippen molar-refractivity contribution in [1.82, 2.24) is 0 Å². The van der Waals surface area contributed by atoms with Crippen LogP contribution < -0.4 is 0 Å². The quantitative estimate of drug-likeness (QED) is 0.447. The predicted molar refractivity (Wildman–Crippen MR) is 122 cm³/mol. The number of phenols is 1. The third kappa shape index (κ3) is 4.17. The topological polar surface area (TPSA) is 88.5 Å². The minimum Gasteiger partial charge on any atom is -0.508 e. The molecule has 0 aliphatic rings. The SMILES string of the molecule is Cc1ccc(S(=O)(=O)c2ccc(-c3ccc(S(=O)(=O)c4ccc(O)cc4)cc3)cc2)cc1. The number of aromatic hydroxyl groups is 1. The molecule has 0 spiro atoms. The lowest BCUT2D eigenvalue weighted by Crippen LogP contribution is -2.02. The average Bonchev–Trinajstić information content (AvgIpc) is 2.80. The second kappa shape index (κ2) is 8.26. The van der Waals surface area contributed by atoms with Gasteiger partial charge in [-0.05, 0) is 78.7 Å². The number of hydrogen-bond donors (Lipinski definition) is 1. The minimum atomic E-state index is -3.70. The van der Waals surface area contributed by atoms with Crippen LogP contribution >= 0.6 is 0 Å². The maximum atomic E-state index is 12.8. The molecule has 32 heavy (non-hydrogen) atoms. The standard InChI is InChI=1S/C25H20O5S2/c1-18-2-10-22(11-3-18)31(27,28)23-12-4-19(5-13-23)20-6-14-24(15-7-20)32(29,30)25-16-8-21(26)9-17-25/h2-17,26H,1H3. The van der Waals surface area contributed by atoms with E-state index in [1.165, 1.54) is 36.4 Å². The largest absolute Gasteiger partial charge is 0.508 e. The lowest BCUT2D eigenvalue weighted by atomic mass is 10.1. The van der Waals surface area contributed by atoms with Gasteiger partial charge in [-0.25, -0.2) is 16.8 Å². The third-order valence-electron chi connectivity index (χ3n) is 5.14. The smallest absolute Gasteiger partial charge is 0.206 e. The number of benzene rings is 4. The van der Waals surface area contributed by atoms with Crippen LogP contribution in [0.4, 0.5) is 0 Å². The zero-order valence-corrected chi connectivity index (χ0v) is 18.8. The summed E-state index contributed by atoms with van der Waals surface area (Å²) in [6.45, 7) is 1.90. The highest BCUT2D eigenvalue weighted by Gasteiger charge is 2.19. The molecule has 5 nitrogen and oxygen atoms in total. The molecule has 162 valence electrons. The van der Waals surface area contributed by atoms with Crippen LogP contribution in [0.15, 0.2) is 117 Å². The lowest BCUT2D eigenvalue weighted by molar-refractivity contribution is 0.475. The van der Waals surface area contributed by atoms with Gasteiger partial charge in [-0.15, -0.1) is 0 Å². The molecule has 0 amide bonds. The first-order valence-corrected chi connectivity index (χ1v) is 12.7. The van der Waals surface area contributed by atoms with Gasteiger partial charge in [0.25, 0.3) is 0 Å². The molecule has 7 heteroatoms. The predicted octanol–water partition coefficient (Wildman–Crippen LogP) is 5.03. The van der Waals surface area contributed by atoms with Crippen molar-refractivity contribution in [2.75, 3.05) is 0 Å². The number of aryl methyl sites for hydroxylation is 1. The Morgan fingerprint density at radius 3 is 1.09 bits per heavy atom. The van der Waals surface area contributed by atoms with Crippen LogP contribution in [0.2, 0.25) is 0 Å². The van der Waals surface area contributed by atoms with Gasteiger partial charge in [0, 0.05) is 0 Å². The molecular formula is C25H20O5S2. The van der Waals surface area contributed by atoms with Crippen LogP contribution in [0.1, 0.15) is 5.56 Å². The lowest BCUT2D eigenvalue weighted by Gasteiger charge is -2.08. The fourth-order valence-electron chi connectivity index (χ4n) is 3.27. The summed E-state index contributed by atoms with van der Waals surface area (Å²) >= 11 is 0. The Labute approximate surface area is 187 Å². The van der Waals surface area contributed by atoms with E-state index < -0.39 is 19.7 Å². The average molecular weight is 465 g/mol. The zero-order valence-electron chi connectivity index (χ0n) is 17.1. The van der Waals surface area contributed by atoms with Gasteiger partial charge < -0.3 is 5.11 Å². The second-order valence-corrected chi connectivity index (χ2v) is 11.3. The normalized spacial score (nSPS) is 11.9. The zero-order chi connectivity index (χ0) is 22.9. The summed E-state index contributed by atoms with van der Waals surface area (Å²) in [6, 6.07) is 24.9. The highest BCUT2D eigenvalue weighted by Crippen LogP contribution is 2.28. The molecule has 0 aliphatic carbocycles. The van der Waals surface area contributed by atoms with E-state index in [0.717, 1.165) is 16.7 Å². The Hall–Kier alpha value is -3.42. The molecule has 0 radical (unpaired) electrons. The summed E-state index contributed by atoms with van der Waals surface area (Å²) in [4.78, 5) is 0.649. The summed E-state index contributed by atoms with van der Waals surface area (Å²) in [7, 11) is -7.32. The van der Waals surface area contributed by atoms with E-state index in [-0.39, 0.29) is 25.3 Å². The minimum absolute atomic E-state index is 0.00728. The molecule has 0 atom stereocenters. The van der Waals surface area contributed by atoms with Crippen LogP contribution in [-0.4, -0.2) is 21.9 Å². The molecule has 4 aromatic carbocycles. The fourth-order valence-corrected chi connectivity index (χ4v) is 5.79. The molecule has 0 bridgehead atoms. The van der Waals surface area contributed by atoms with Crippen molar-refractivity contribution in [2.45, 2.75) is 26.5 Å². The first-order valence-electron chi connectivity index (χ1n) is 9.74. The Morgan fingerprint density at radius 2 is 0.750 bits per heavy atom. The van der Waals surface area contributed by atoms with Crippen molar-refractivity contribution >= 4 is 19.7 Å². The van der Waals surface area contributed by atoms with Crippen LogP contribution in [0, 0.1) is 6.92 Å². The summed E-state index contributed by atoms with van der Waals surface area (Å²) in [5, 5.41) is 9.37. The van der Waals surface area contributed by atoms with Crippen LogP contribution in [0.25, 0.3) is 11.1 Å². The van der Waals surface area contributed by atoms with Gasteiger partial charge in [0.15, 0.2) is 0 Å². The van der Waals surface area contributed by atoms with Crippen molar-refractivity contribution in [3.05, 3.63) is 103 Å². The fraction of sp³-hybridized carbons (Fsp3) is 0.0400. The van der Waals surface area contributed by atoms with Crippen molar-refractivity contribution in [3.8, 4) is 16.9 Å². The number of phenolic OH excluding ortho intramolecular Hbond substituents is 1. The third-order valence-corrected chi connectivity index (χ3v) is 8.71. The number of sulfone groups is 2. The highest BCUT2D eigenvalue weighted by molar-refractivity contribution is 7.91. The van der Waals surface area contributed by atoms with Crippen molar-refractivity contribution in [1.29, 1.82) is 0 Å². The molecule has 4 aromatic rings. The molecule has 0 heterocycles. The van der Waals surface area contributed by atoms with Gasteiger partial charge in [0.05, 0.1) is 19.6 Å². The van der Waals surface area contributed by atoms with Gasteiger partial charge in [-0.3, -0.25) is 0 Å². The summed E-state index contributed by atoms with van der Waals surface area (Å²) in [5.41, 5.74) is 2.51. The van der Waals surface area contributed by atoms with E-state index in [4.69, 9.17) is 0 Å². The summed E-state index contributed by atoms with van der Waals surface area (Å²) in [6.07, 6.45) is 0. The highest BCUT2D eigenvalue weighted by atomic mass is 32.2. The van der Waals surface area contributed by atoms with E-state index in [1.54, 1.807) is 60.7 Å². The van der Waals surface area contributed by atoms with E-state index >= 15 is 0 Å². The van der Waals surface area contributed by atoms with E-state index in [0.29, 0.717) is 0 Å². The summed E-state index contributed by atoms with van der Waals surface area (Å²) in [5.74, 6) is -0.00728. The van der Waals surface area contributed by atoms with Gasteiger partial charge in [-0.1, -0.05) is 42.0 Å². The van der Waals surface area contributed by atoms with Crippen LogP contribution in [0.3, 0.4) is 0 Å². The van der Waals surface area contributed by atoms with Crippen molar-refractivity contribution in [3.63, 3.8) is 0 Å². The molecule has 1 N–H and O–H groups in total. The monoisotopic (exact) mass is 464 g/mol.